The van der Waals surface area contributed by atoms with E-state index in [-0.39, 0.29) is 19.3 Å². The number of hydrogen-bond donors (Lipinski definition) is 0. The summed E-state index contributed by atoms with van der Waals surface area (Å²) in [7, 11) is 0. The fourth-order valence-corrected chi connectivity index (χ4v) is 2.36. The Morgan fingerprint density at radius 2 is 1.52 bits per heavy atom. The van der Waals surface area contributed by atoms with Crippen molar-refractivity contribution in [2.24, 2.45) is 5.11 Å². The lowest BCUT2D eigenvalue weighted by Crippen LogP contribution is -2.31. The minimum absolute atomic E-state index is 0.120. The molecule has 0 aromatic rings. The third-order valence-electron chi connectivity index (χ3n) is 3.65. The van der Waals surface area contributed by atoms with Gasteiger partial charge in [-0.25, -0.2) is 4.79 Å². The van der Waals surface area contributed by atoms with E-state index in [4.69, 9.17) is 10.4 Å². The van der Waals surface area contributed by atoms with E-state index in [1.54, 1.807) is 0 Å². The second-order valence-corrected chi connectivity index (χ2v) is 5.58. The van der Waals surface area contributed by atoms with Gasteiger partial charge in [0.1, 0.15) is 0 Å². The standard InChI is InChI=1S/C15H24N4O4/c16-18-17-12-8-6-4-2-1-3-5-7-9-15(22)23-19-13(20)10-11-14(19)21/h1-12H2. The maximum atomic E-state index is 11.5. The molecule has 1 fully saturated rings. The highest BCUT2D eigenvalue weighted by Gasteiger charge is 2.32. The van der Waals surface area contributed by atoms with Gasteiger partial charge in [0.2, 0.25) is 0 Å². The highest BCUT2D eigenvalue weighted by Crippen LogP contribution is 2.14. The van der Waals surface area contributed by atoms with E-state index in [1.807, 2.05) is 0 Å². The molecule has 1 heterocycles. The van der Waals surface area contributed by atoms with Gasteiger partial charge < -0.3 is 4.84 Å². The van der Waals surface area contributed by atoms with Gasteiger partial charge >= 0.3 is 5.97 Å². The Morgan fingerprint density at radius 1 is 1.00 bits per heavy atom. The van der Waals surface area contributed by atoms with E-state index < -0.39 is 17.8 Å². The highest BCUT2D eigenvalue weighted by atomic mass is 16.7. The molecule has 0 radical (unpaired) electrons. The zero-order valence-electron chi connectivity index (χ0n) is 13.4. The molecule has 23 heavy (non-hydrogen) atoms. The molecule has 1 rings (SSSR count). The molecule has 8 nitrogen and oxygen atoms in total. The minimum atomic E-state index is -0.522. The smallest absolute Gasteiger partial charge is 0.330 e. The van der Waals surface area contributed by atoms with Crippen LogP contribution in [0, 0.1) is 0 Å². The Labute approximate surface area is 135 Å². The molecule has 0 aromatic carbocycles. The van der Waals surface area contributed by atoms with Gasteiger partial charge in [-0.05, 0) is 18.4 Å². The molecule has 2 amide bonds. The van der Waals surface area contributed by atoms with E-state index in [1.165, 1.54) is 0 Å². The Kier molecular flexibility index (Phi) is 9.47. The molecular formula is C15H24N4O4. The van der Waals surface area contributed by atoms with Crippen LogP contribution >= 0.6 is 0 Å². The molecule has 0 saturated carbocycles. The number of azide groups is 1. The fourth-order valence-electron chi connectivity index (χ4n) is 2.36. The summed E-state index contributed by atoms with van der Waals surface area (Å²) in [5.41, 5.74) is 8.12. The quantitative estimate of drug-likeness (QED) is 0.180. The van der Waals surface area contributed by atoms with Crippen LogP contribution in [0.5, 0.6) is 0 Å². The lowest BCUT2D eigenvalue weighted by molar-refractivity contribution is -0.197. The van der Waals surface area contributed by atoms with Crippen molar-refractivity contribution >= 4 is 17.8 Å². The lowest BCUT2D eigenvalue weighted by atomic mass is 10.1. The van der Waals surface area contributed by atoms with Crippen molar-refractivity contribution < 1.29 is 19.2 Å². The molecule has 0 aromatic heterocycles. The lowest BCUT2D eigenvalue weighted by Gasteiger charge is -2.12. The number of carbonyl (C=O) groups excluding carboxylic acids is 3. The molecule has 1 saturated heterocycles. The average molecular weight is 324 g/mol. The summed E-state index contributed by atoms with van der Waals surface area (Å²) >= 11 is 0. The van der Waals surface area contributed by atoms with Gasteiger partial charge in [-0.3, -0.25) is 9.59 Å². The van der Waals surface area contributed by atoms with Crippen LogP contribution in [0.1, 0.15) is 70.6 Å². The minimum Gasteiger partial charge on any atom is -0.330 e. The summed E-state index contributed by atoms with van der Waals surface area (Å²) in [6.45, 7) is 0.570. The van der Waals surface area contributed by atoms with Crippen LogP contribution in [-0.2, 0) is 19.2 Å². The summed E-state index contributed by atoms with van der Waals surface area (Å²) in [6.07, 6.45) is 8.52. The summed E-state index contributed by atoms with van der Waals surface area (Å²) in [5, 5.41) is 4.08. The first kappa shape index (κ1) is 19.0. The first-order valence-corrected chi connectivity index (χ1v) is 8.22. The number of hydroxylamine groups is 2. The first-order chi connectivity index (χ1) is 11.1. The first-order valence-electron chi connectivity index (χ1n) is 8.22. The van der Waals surface area contributed by atoms with Crippen LogP contribution in [0.15, 0.2) is 5.11 Å². The zero-order valence-corrected chi connectivity index (χ0v) is 13.4. The van der Waals surface area contributed by atoms with Crippen LogP contribution < -0.4 is 0 Å². The van der Waals surface area contributed by atoms with E-state index in [0.717, 1.165) is 44.9 Å². The van der Waals surface area contributed by atoms with E-state index in [9.17, 15) is 14.4 Å². The largest absolute Gasteiger partial charge is 0.333 e. The van der Waals surface area contributed by atoms with Crippen molar-refractivity contribution in [1.29, 1.82) is 0 Å². The van der Waals surface area contributed by atoms with Gasteiger partial charge in [0.05, 0.1) is 0 Å². The fraction of sp³-hybridized carbons (Fsp3) is 0.800. The molecule has 0 unspecified atom stereocenters. The Bertz CT molecular complexity index is 444. The second kappa shape index (κ2) is 11.5. The highest BCUT2D eigenvalue weighted by molar-refractivity contribution is 6.01. The normalized spacial score (nSPS) is 14.0. The van der Waals surface area contributed by atoms with Crippen LogP contribution in [-0.4, -0.2) is 29.4 Å². The Morgan fingerprint density at radius 3 is 2.09 bits per heavy atom. The molecule has 0 atom stereocenters. The number of amides is 2. The summed E-state index contributed by atoms with van der Waals surface area (Å²) in [5.74, 6) is -1.40. The molecule has 8 heteroatoms. The molecule has 1 aliphatic heterocycles. The van der Waals surface area contributed by atoms with Gasteiger partial charge in [0.15, 0.2) is 0 Å². The third kappa shape index (κ3) is 8.21. The molecule has 0 N–H and O–H groups in total. The molecule has 1 aliphatic rings. The summed E-state index contributed by atoms with van der Waals surface area (Å²) in [4.78, 5) is 41.6. The van der Waals surface area contributed by atoms with Crippen molar-refractivity contribution in [3.8, 4) is 0 Å². The molecular weight excluding hydrogens is 300 g/mol. The molecule has 0 bridgehead atoms. The predicted octanol–water partition coefficient (Wildman–Crippen LogP) is 3.41. The number of unbranched alkanes of at least 4 members (excludes halogenated alkanes) is 7. The van der Waals surface area contributed by atoms with Crippen molar-refractivity contribution in [1.82, 2.24) is 5.06 Å². The van der Waals surface area contributed by atoms with Gasteiger partial charge in [0.25, 0.3) is 11.8 Å². The van der Waals surface area contributed by atoms with Crippen molar-refractivity contribution in [3.63, 3.8) is 0 Å². The van der Waals surface area contributed by atoms with E-state index >= 15 is 0 Å². The van der Waals surface area contributed by atoms with E-state index in [2.05, 4.69) is 10.0 Å². The number of nitrogens with zero attached hydrogens (tertiary/aromatic N) is 4. The third-order valence-corrected chi connectivity index (χ3v) is 3.65. The van der Waals surface area contributed by atoms with Crippen LogP contribution in [0.25, 0.3) is 10.4 Å². The van der Waals surface area contributed by atoms with Crippen molar-refractivity contribution in [3.05, 3.63) is 10.4 Å². The molecule has 128 valence electrons. The van der Waals surface area contributed by atoms with Crippen LogP contribution in [0.4, 0.5) is 0 Å². The van der Waals surface area contributed by atoms with E-state index in [0.29, 0.717) is 18.0 Å². The second-order valence-electron chi connectivity index (χ2n) is 5.58. The molecule has 0 aliphatic carbocycles. The van der Waals surface area contributed by atoms with Crippen molar-refractivity contribution in [2.75, 3.05) is 6.54 Å². The average Bonchev–Trinajstić information content (AvgIpc) is 2.84. The maximum Gasteiger partial charge on any atom is 0.333 e. The molecule has 0 spiro atoms. The number of carbonyl (C=O) groups is 3. The van der Waals surface area contributed by atoms with Crippen LogP contribution in [0.3, 0.4) is 0 Å². The maximum absolute atomic E-state index is 11.5. The SMILES string of the molecule is [N-]=[N+]=NCCCCCCCCCCC(=O)ON1C(=O)CCC1=O. The number of hydrogen-bond acceptors (Lipinski definition) is 5. The van der Waals surface area contributed by atoms with Gasteiger partial charge in [-0.1, -0.05) is 43.6 Å². The summed E-state index contributed by atoms with van der Waals surface area (Å²) < 4.78 is 0. The van der Waals surface area contributed by atoms with Gasteiger partial charge in [-0.2, -0.15) is 0 Å². The Balaban J connectivity index is 1.92. The predicted molar refractivity (Wildman–Crippen MR) is 82.7 cm³/mol. The Hall–Kier alpha value is -2.08. The zero-order chi connectivity index (χ0) is 16.9. The summed E-state index contributed by atoms with van der Waals surface area (Å²) in [6, 6.07) is 0. The van der Waals surface area contributed by atoms with Gasteiger partial charge in [0, 0.05) is 30.7 Å². The van der Waals surface area contributed by atoms with Gasteiger partial charge in [-0.15, -0.1) is 5.06 Å². The van der Waals surface area contributed by atoms with Crippen molar-refractivity contribution in [2.45, 2.75) is 70.6 Å². The number of imide groups is 1. The van der Waals surface area contributed by atoms with Crippen LogP contribution in [0.2, 0.25) is 0 Å². The monoisotopic (exact) mass is 324 g/mol. The number of rotatable bonds is 12. The topological polar surface area (TPSA) is 112 Å².